The van der Waals surface area contributed by atoms with Crippen molar-refractivity contribution in [1.82, 2.24) is 4.72 Å². The van der Waals surface area contributed by atoms with Gasteiger partial charge in [0.05, 0.1) is 19.8 Å². The topological polar surface area (TPSA) is 136 Å². The molecule has 0 unspecified atom stereocenters. The summed E-state index contributed by atoms with van der Waals surface area (Å²) in [6, 6.07) is -1.42. The Morgan fingerprint density at radius 2 is 1.70 bits per heavy atom. The van der Waals surface area contributed by atoms with E-state index in [1.165, 1.54) is 6.92 Å². The minimum absolute atomic E-state index is 0.0806. The first-order valence-corrected chi connectivity index (χ1v) is 8.41. The van der Waals surface area contributed by atoms with E-state index in [0.717, 1.165) is 21.1 Å². The fourth-order valence-electron chi connectivity index (χ4n) is 1.64. The highest BCUT2D eigenvalue weighted by atomic mass is 32.2. The van der Waals surface area contributed by atoms with Gasteiger partial charge in [0.15, 0.2) is 4.21 Å². The second-order valence-electron chi connectivity index (χ2n) is 4.38. The van der Waals surface area contributed by atoms with Gasteiger partial charge in [-0.3, -0.25) is 4.79 Å². The Labute approximate surface area is 136 Å². The summed E-state index contributed by atoms with van der Waals surface area (Å²) >= 11 is 0.504. The molecular formula is C12H15NO8S2. The van der Waals surface area contributed by atoms with Gasteiger partial charge in [-0.2, -0.15) is 4.72 Å². The molecular weight excluding hydrogens is 350 g/mol. The van der Waals surface area contributed by atoms with Crippen LogP contribution in [0.25, 0.3) is 0 Å². The number of thiophene rings is 1. The van der Waals surface area contributed by atoms with Gasteiger partial charge in [0, 0.05) is 0 Å². The summed E-state index contributed by atoms with van der Waals surface area (Å²) in [5, 5.41) is 8.81. The minimum Gasteiger partial charge on any atom is -0.480 e. The number of hydrogen-bond acceptors (Lipinski definition) is 8. The summed E-state index contributed by atoms with van der Waals surface area (Å²) < 4.78 is 35.2. The van der Waals surface area contributed by atoms with E-state index in [9.17, 15) is 22.8 Å². The average Bonchev–Trinajstić information content (AvgIpc) is 2.83. The fraction of sp³-hybridized carbons (Fsp3) is 0.417. The minimum atomic E-state index is -4.35. The molecule has 0 radical (unpaired) electrons. The molecule has 0 fully saturated rings. The van der Waals surface area contributed by atoms with Gasteiger partial charge in [0.2, 0.25) is 0 Å². The van der Waals surface area contributed by atoms with E-state index in [0.29, 0.717) is 11.3 Å². The average molecular weight is 365 g/mol. The van der Waals surface area contributed by atoms with Crippen molar-refractivity contribution in [1.29, 1.82) is 0 Å². The monoisotopic (exact) mass is 365 g/mol. The van der Waals surface area contributed by atoms with Crippen LogP contribution in [0.5, 0.6) is 0 Å². The molecule has 128 valence electrons. The van der Waals surface area contributed by atoms with Crippen LogP contribution < -0.4 is 4.72 Å². The summed E-state index contributed by atoms with van der Waals surface area (Å²) in [6.07, 6.45) is 0. The van der Waals surface area contributed by atoms with Crippen molar-refractivity contribution in [3.8, 4) is 0 Å². The maximum absolute atomic E-state index is 12.3. The summed E-state index contributed by atoms with van der Waals surface area (Å²) in [4.78, 5) is 34.3. The lowest BCUT2D eigenvalue weighted by molar-refractivity contribution is -0.138. The van der Waals surface area contributed by atoms with Crippen LogP contribution in [0.2, 0.25) is 0 Å². The number of nitrogens with one attached hydrogen (secondary N) is 1. The van der Waals surface area contributed by atoms with Gasteiger partial charge in [0.1, 0.15) is 10.9 Å². The van der Waals surface area contributed by atoms with Crippen LogP contribution in [0.3, 0.4) is 0 Å². The fourth-order valence-corrected chi connectivity index (χ4v) is 4.60. The molecule has 0 aliphatic carbocycles. The smallest absolute Gasteiger partial charge is 0.348 e. The highest BCUT2D eigenvalue weighted by Gasteiger charge is 2.34. The molecule has 0 bridgehead atoms. The summed E-state index contributed by atoms with van der Waals surface area (Å²) in [7, 11) is -2.19. The maximum atomic E-state index is 12.3. The molecule has 9 nitrogen and oxygen atoms in total. The summed E-state index contributed by atoms with van der Waals surface area (Å²) in [6.45, 7) is 2.49. The molecule has 11 heteroatoms. The molecule has 1 heterocycles. The zero-order valence-corrected chi connectivity index (χ0v) is 14.3. The van der Waals surface area contributed by atoms with E-state index in [4.69, 9.17) is 5.11 Å². The Balaban J connectivity index is 3.53. The number of methoxy groups -OCH3 is 2. The Morgan fingerprint density at radius 1 is 1.17 bits per heavy atom. The molecule has 0 saturated heterocycles. The third-order valence-electron chi connectivity index (χ3n) is 2.82. The van der Waals surface area contributed by atoms with Crippen molar-refractivity contribution in [3.63, 3.8) is 0 Å². The highest BCUT2D eigenvalue weighted by Crippen LogP contribution is 2.33. The molecule has 1 atom stereocenters. The molecule has 0 aliphatic rings. The Kier molecular flexibility index (Phi) is 5.86. The number of carbonyl (C=O) groups excluding carboxylic acids is 2. The molecule has 1 aromatic rings. The van der Waals surface area contributed by atoms with Gasteiger partial charge < -0.3 is 14.6 Å². The molecule has 0 aliphatic heterocycles. The predicted molar refractivity (Wildman–Crippen MR) is 79.2 cm³/mol. The van der Waals surface area contributed by atoms with Crippen molar-refractivity contribution in [2.45, 2.75) is 24.1 Å². The molecule has 1 aromatic heterocycles. The summed E-state index contributed by atoms with van der Waals surface area (Å²) in [5.74, 6) is -3.17. The van der Waals surface area contributed by atoms with Crippen molar-refractivity contribution in [2.75, 3.05) is 14.2 Å². The van der Waals surface area contributed by atoms with Crippen LogP contribution in [0.1, 0.15) is 32.5 Å². The quantitative estimate of drug-likeness (QED) is 0.691. The SMILES string of the molecule is COC(=O)c1sc(S(=O)(=O)N[C@H](C)C(=O)O)c(C(=O)OC)c1C. The van der Waals surface area contributed by atoms with E-state index in [2.05, 4.69) is 9.47 Å². The lowest BCUT2D eigenvalue weighted by Crippen LogP contribution is -2.38. The lowest BCUT2D eigenvalue weighted by Gasteiger charge is -2.10. The Bertz CT molecular complexity index is 749. The number of carboxylic acids is 1. The van der Waals surface area contributed by atoms with Gasteiger partial charge in [0.25, 0.3) is 10.0 Å². The largest absolute Gasteiger partial charge is 0.480 e. The van der Waals surface area contributed by atoms with Gasteiger partial charge in [-0.1, -0.05) is 0 Å². The van der Waals surface area contributed by atoms with E-state index in [1.54, 1.807) is 0 Å². The summed E-state index contributed by atoms with van der Waals surface area (Å²) in [5.41, 5.74) is -0.250. The van der Waals surface area contributed by atoms with Crippen molar-refractivity contribution in [3.05, 3.63) is 16.0 Å². The van der Waals surface area contributed by atoms with Gasteiger partial charge >= 0.3 is 17.9 Å². The van der Waals surface area contributed by atoms with Gasteiger partial charge in [-0.25, -0.2) is 18.0 Å². The van der Waals surface area contributed by atoms with Crippen LogP contribution >= 0.6 is 11.3 Å². The first-order valence-electron chi connectivity index (χ1n) is 6.12. The van der Waals surface area contributed by atoms with E-state index in [1.807, 2.05) is 4.72 Å². The van der Waals surface area contributed by atoms with Crippen LogP contribution in [-0.2, 0) is 24.3 Å². The predicted octanol–water partition coefficient (Wildman–Crippen LogP) is 0.381. The maximum Gasteiger partial charge on any atom is 0.348 e. The van der Waals surface area contributed by atoms with Gasteiger partial charge in [-0.15, -0.1) is 11.3 Å². The number of ether oxygens (including phenoxy) is 2. The molecule has 23 heavy (non-hydrogen) atoms. The first kappa shape index (κ1) is 19.1. The second kappa shape index (κ2) is 7.06. The molecule has 0 amide bonds. The van der Waals surface area contributed by atoms with Crippen LogP contribution in [-0.4, -0.2) is 51.7 Å². The van der Waals surface area contributed by atoms with Crippen molar-refractivity contribution < 1.29 is 37.4 Å². The third kappa shape index (κ3) is 3.86. The first-order chi connectivity index (χ1) is 10.6. The zero-order chi connectivity index (χ0) is 17.9. The van der Waals surface area contributed by atoms with Gasteiger partial charge in [-0.05, 0) is 19.4 Å². The van der Waals surface area contributed by atoms with Crippen LogP contribution in [0.4, 0.5) is 0 Å². The van der Waals surface area contributed by atoms with Crippen LogP contribution in [0.15, 0.2) is 4.21 Å². The Morgan fingerprint density at radius 3 is 2.13 bits per heavy atom. The van der Waals surface area contributed by atoms with E-state index in [-0.39, 0.29) is 16.0 Å². The van der Waals surface area contributed by atoms with Crippen molar-refractivity contribution in [2.24, 2.45) is 0 Å². The standard InChI is InChI=1S/C12H15NO8S2/c1-5-7(10(16)20-3)12(22-8(5)11(17)21-4)23(18,19)13-6(2)9(14)15/h6,13H,1-4H3,(H,14,15)/t6-/m1/s1. The normalized spacial score (nSPS) is 12.5. The highest BCUT2D eigenvalue weighted by molar-refractivity contribution is 7.91. The zero-order valence-electron chi connectivity index (χ0n) is 12.7. The molecule has 0 aromatic carbocycles. The lowest BCUT2D eigenvalue weighted by atomic mass is 10.2. The molecule has 2 N–H and O–H groups in total. The molecule has 0 spiro atoms. The number of rotatable bonds is 6. The number of sulfonamides is 1. The molecule has 1 rings (SSSR count). The van der Waals surface area contributed by atoms with E-state index < -0.39 is 38.2 Å². The number of aliphatic carboxylic acids is 1. The number of carbonyl (C=O) groups is 3. The third-order valence-corrected chi connectivity index (χ3v) is 6.15. The number of esters is 2. The second-order valence-corrected chi connectivity index (χ2v) is 7.31. The molecule has 0 saturated carbocycles. The van der Waals surface area contributed by atoms with E-state index >= 15 is 0 Å². The van der Waals surface area contributed by atoms with Crippen molar-refractivity contribution >= 4 is 39.3 Å². The number of hydrogen-bond donors (Lipinski definition) is 2. The van der Waals surface area contributed by atoms with Crippen LogP contribution in [0, 0.1) is 6.92 Å². The number of carboxylic acid groups (broad SMARTS) is 1. The Hall–Kier alpha value is -1.98.